The summed E-state index contributed by atoms with van der Waals surface area (Å²) >= 11 is 0. The fourth-order valence-corrected chi connectivity index (χ4v) is 2.19. The Kier molecular flexibility index (Phi) is 4.20. The summed E-state index contributed by atoms with van der Waals surface area (Å²) in [5.41, 5.74) is 9.38. The van der Waals surface area contributed by atoms with Gasteiger partial charge in [-0.25, -0.2) is 9.50 Å². The predicted molar refractivity (Wildman–Crippen MR) is 93.7 cm³/mol. The molecule has 0 amide bonds. The Morgan fingerprint density at radius 3 is 2.83 bits per heavy atom. The number of aromatic nitrogens is 3. The smallest absolute Gasteiger partial charge is 0.177 e. The Morgan fingerprint density at radius 2 is 2.04 bits per heavy atom. The molecule has 0 aliphatic heterocycles. The van der Waals surface area contributed by atoms with Crippen molar-refractivity contribution in [2.75, 3.05) is 5.32 Å². The Bertz CT molecular complexity index is 875. The van der Waals surface area contributed by atoms with Gasteiger partial charge in [0.25, 0.3) is 0 Å². The highest BCUT2D eigenvalue weighted by atomic mass is 15.3. The summed E-state index contributed by atoms with van der Waals surface area (Å²) in [6, 6.07) is 11.9. The van der Waals surface area contributed by atoms with E-state index < -0.39 is 0 Å². The first-order valence-corrected chi connectivity index (χ1v) is 7.19. The monoisotopic (exact) mass is 303 g/mol. The minimum atomic E-state index is 0.512. The fourth-order valence-electron chi connectivity index (χ4n) is 2.19. The van der Waals surface area contributed by atoms with Gasteiger partial charge >= 0.3 is 0 Å². The SMILES string of the molecule is C=C/C=C\C=C(/N)Nc1cc(-c2ccccc2)nn2ccnc12. The molecule has 0 radical (unpaired) electrons. The Hall–Kier alpha value is -3.34. The molecule has 3 rings (SSSR count). The maximum atomic E-state index is 6.00. The number of rotatable bonds is 5. The maximum Gasteiger partial charge on any atom is 0.177 e. The molecule has 0 atom stereocenters. The van der Waals surface area contributed by atoms with Crippen LogP contribution in [0.3, 0.4) is 0 Å². The second-order valence-corrected chi connectivity index (χ2v) is 4.87. The summed E-state index contributed by atoms with van der Waals surface area (Å²) < 4.78 is 1.73. The van der Waals surface area contributed by atoms with E-state index in [1.54, 1.807) is 22.9 Å². The summed E-state index contributed by atoms with van der Waals surface area (Å²) in [5, 5.41) is 7.75. The van der Waals surface area contributed by atoms with Gasteiger partial charge in [0.05, 0.1) is 11.4 Å². The molecule has 2 aromatic heterocycles. The predicted octanol–water partition coefficient (Wildman–Crippen LogP) is 3.35. The third-order valence-corrected chi connectivity index (χ3v) is 3.23. The Balaban J connectivity index is 2.02. The topological polar surface area (TPSA) is 68.2 Å². The maximum absolute atomic E-state index is 6.00. The van der Waals surface area contributed by atoms with E-state index in [2.05, 4.69) is 22.0 Å². The van der Waals surface area contributed by atoms with Crippen molar-refractivity contribution < 1.29 is 0 Å². The molecular weight excluding hydrogens is 286 g/mol. The number of fused-ring (bicyclic) bond motifs is 1. The van der Waals surface area contributed by atoms with Gasteiger partial charge < -0.3 is 11.1 Å². The number of allylic oxidation sites excluding steroid dienone is 4. The largest absolute Gasteiger partial charge is 0.385 e. The molecule has 0 bridgehead atoms. The van der Waals surface area contributed by atoms with Gasteiger partial charge in [-0.2, -0.15) is 5.10 Å². The summed E-state index contributed by atoms with van der Waals surface area (Å²) in [5.74, 6) is 0.512. The summed E-state index contributed by atoms with van der Waals surface area (Å²) in [6.07, 6.45) is 10.6. The van der Waals surface area contributed by atoms with Crippen molar-refractivity contribution >= 4 is 11.3 Å². The van der Waals surface area contributed by atoms with Gasteiger partial charge in [-0.3, -0.25) is 0 Å². The molecule has 3 N–H and O–H groups in total. The van der Waals surface area contributed by atoms with Crippen LogP contribution in [0, 0.1) is 0 Å². The van der Waals surface area contributed by atoms with E-state index in [-0.39, 0.29) is 0 Å². The van der Waals surface area contributed by atoms with Crippen LogP contribution in [0.25, 0.3) is 16.9 Å². The zero-order chi connectivity index (χ0) is 16.1. The first-order valence-electron chi connectivity index (χ1n) is 7.19. The van der Waals surface area contributed by atoms with Gasteiger partial charge in [-0.1, -0.05) is 55.1 Å². The van der Waals surface area contributed by atoms with Gasteiger partial charge in [-0.05, 0) is 12.1 Å². The van der Waals surface area contributed by atoms with Crippen LogP contribution >= 0.6 is 0 Å². The van der Waals surface area contributed by atoms with Crippen molar-refractivity contribution in [2.24, 2.45) is 5.73 Å². The van der Waals surface area contributed by atoms with E-state index in [9.17, 15) is 0 Å². The van der Waals surface area contributed by atoms with Crippen molar-refractivity contribution in [3.8, 4) is 11.3 Å². The molecule has 0 aliphatic carbocycles. The van der Waals surface area contributed by atoms with Crippen LogP contribution in [0.15, 0.2) is 85.5 Å². The number of nitrogens with zero attached hydrogens (tertiary/aromatic N) is 3. The molecule has 23 heavy (non-hydrogen) atoms. The second-order valence-electron chi connectivity index (χ2n) is 4.87. The van der Waals surface area contributed by atoms with Crippen LogP contribution in [-0.4, -0.2) is 14.6 Å². The normalized spacial score (nSPS) is 11.9. The number of imidazole rings is 1. The molecule has 3 aromatic rings. The molecule has 0 aliphatic rings. The molecule has 1 aromatic carbocycles. The van der Waals surface area contributed by atoms with Gasteiger partial charge in [0.1, 0.15) is 5.82 Å². The lowest BCUT2D eigenvalue weighted by Gasteiger charge is -2.10. The zero-order valence-electron chi connectivity index (χ0n) is 12.6. The van der Waals surface area contributed by atoms with Gasteiger partial charge in [-0.15, -0.1) is 0 Å². The van der Waals surface area contributed by atoms with Crippen molar-refractivity contribution in [3.63, 3.8) is 0 Å². The lowest BCUT2D eigenvalue weighted by Crippen LogP contribution is -2.10. The minimum Gasteiger partial charge on any atom is -0.385 e. The molecule has 2 heterocycles. The quantitative estimate of drug-likeness (QED) is 0.709. The summed E-state index contributed by atoms with van der Waals surface area (Å²) in [4.78, 5) is 4.32. The first-order chi connectivity index (χ1) is 11.3. The molecule has 114 valence electrons. The van der Waals surface area contributed by atoms with E-state index in [0.717, 1.165) is 16.9 Å². The average molecular weight is 303 g/mol. The number of nitrogens with two attached hydrogens (primary N) is 1. The number of hydrogen-bond donors (Lipinski definition) is 2. The second kappa shape index (κ2) is 6.62. The van der Waals surface area contributed by atoms with E-state index in [1.165, 1.54) is 0 Å². The van der Waals surface area contributed by atoms with E-state index in [4.69, 9.17) is 5.73 Å². The third-order valence-electron chi connectivity index (χ3n) is 3.23. The Morgan fingerprint density at radius 1 is 1.22 bits per heavy atom. The highest BCUT2D eigenvalue weighted by Gasteiger charge is 2.08. The number of nitrogens with one attached hydrogen (secondary N) is 1. The van der Waals surface area contributed by atoms with E-state index >= 15 is 0 Å². The highest BCUT2D eigenvalue weighted by molar-refractivity contribution is 5.74. The molecule has 0 fully saturated rings. The molecular formula is C18H17N5. The molecule has 5 nitrogen and oxygen atoms in total. The lowest BCUT2D eigenvalue weighted by atomic mass is 10.1. The van der Waals surface area contributed by atoms with Crippen LogP contribution in [0.5, 0.6) is 0 Å². The van der Waals surface area contributed by atoms with Gasteiger partial charge in [0, 0.05) is 18.0 Å². The molecule has 0 saturated carbocycles. The van der Waals surface area contributed by atoms with Crippen LogP contribution in [0.4, 0.5) is 5.69 Å². The standard InChI is InChI=1S/C18H17N5/c1-2-3-5-10-17(19)21-16-13-15(14-8-6-4-7-9-14)22-23-12-11-20-18(16)23/h2-13,21H,1,19H2/b5-3-,17-10+. The van der Waals surface area contributed by atoms with E-state index in [0.29, 0.717) is 11.5 Å². The van der Waals surface area contributed by atoms with Crippen molar-refractivity contribution in [2.45, 2.75) is 0 Å². The number of hydrogen-bond acceptors (Lipinski definition) is 4. The van der Waals surface area contributed by atoms with Crippen molar-refractivity contribution in [1.29, 1.82) is 0 Å². The highest BCUT2D eigenvalue weighted by Crippen LogP contribution is 2.23. The van der Waals surface area contributed by atoms with Crippen LogP contribution in [-0.2, 0) is 0 Å². The Labute approximate surface area is 134 Å². The minimum absolute atomic E-state index is 0.512. The van der Waals surface area contributed by atoms with Gasteiger partial charge in [0.15, 0.2) is 5.65 Å². The summed E-state index contributed by atoms with van der Waals surface area (Å²) in [7, 11) is 0. The first kappa shape index (κ1) is 14.6. The molecule has 5 heteroatoms. The zero-order valence-corrected chi connectivity index (χ0v) is 12.6. The molecule has 0 unspecified atom stereocenters. The fraction of sp³-hybridized carbons (Fsp3) is 0. The lowest BCUT2D eigenvalue weighted by molar-refractivity contribution is 0.943. The molecule has 0 saturated heterocycles. The number of benzene rings is 1. The van der Waals surface area contributed by atoms with Crippen molar-refractivity contribution in [1.82, 2.24) is 14.6 Å². The molecule has 0 spiro atoms. The van der Waals surface area contributed by atoms with Crippen LogP contribution in [0.2, 0.25) is 0 Å². The van der Waals surface area contributed by atoms with Crippen LogP contribution < -0.4 is 11.1 Å². The van der Waals surface area contributed by atoms with Crippen molar-refractivity contribution in [3.05, 3.63) is 85.5 Å². The van der Waals surface area contributed by atoms with Gasteiger partial charge in [0.2, 0.25) is 0 Å². The van der Waals surface area contributed by atoms with E-state index in [1.807, 2.05) is 54.7 Å². The van der Waals surface area contributed by atoms with Crippen LogP contribution in [0.1, 0.15) is 0 Å². The average Bonchev–Trinajstić information content (AvgIpc) is 3.05. The third kappa shape index (κ3) is 3.29. The number of anilines is 1. The summed E-state index contributed by atoms with van der Waals surface area (Å²) in [6.45, 7) is 3.62.